The molecule has 0 unspecified atom stereocenters. The van der Waals surface area contributed by atoms with E-state index in [4.69, 9.17) is 19.2 Å². The maximum atomic E-state index is 14.8. The van der Waals surface area contributed by atoms with Gasteiger partial charge in [-0.2, -0.15) is 0 Å². The van der Waals surface area contributed by atoms with E-state index in [2.05, 4.69) is 29.2 Å². The fourth-order valence-electron chi connectivity index (χ4n) is 8.41. The quantitative estimate of drug-likeness (QED) is 0.352. The van der Waals surface area contributed by atoms with Gasteiger partial charge < -0.3 is 34.6 Å². The highest BCUT2D eigenvalue weighted by Crippen LogP contribution is 2.46. The molecule has 5 bridgehead atoms. The summed E-state index contributed by atoms with van der Waals surface area (Å²) in [6, 6.07) is 3.00. The van der Waals surface area contributed by atoms with E-state index in [0.717, 1.165) is 18.4 Å². The number of carbonyl (C=O) groups is 4. The molecule has 58 heavy (non-hydrogen) atoms. The van der Waals surface area contributed by atoms with Crippen LogP contribution in [0.3, 0.4) is 0 Å². The monoisotopic (exact) mass is 820 g/mol. The molecule has 4 heterocycles. The minimum atomic E-state index is -3.90. The SMILES string of the molecule is CCOc1cc2c3cc(c(OC)cc3n1)C=CCC(C)(C)CN(C)C(=O)N[C@H]1CCCCC/C=C\[C@@H]3C[C@@]3(C(=O)NS(=O)(=O)C3CC3)NC(=O)[C@@H]3C[C@H](CN3C1=O)O2. The van der Waals surface area contributed by atoms with E-state index >= 15 is 0 Å². The first-order chi connectivity index (χ1) is 27.6. The predicted molar refractivity (Wildman–Crippen MR) is 218 cm³/mol. The van der Waals surface area contributed by atoms with E-state index in [9.17, 15) is 27.6 Å². The van der Waals surface area contributed by atoms with Gasteiger partial charge in [0.15, 0.2) is 0 Å². The summed E-state index contributed by atoms with van der Waals surface area (Å²) >= 11 is 0. The molecule has 3 aliphatic heterocycles. The van der Waals surface area contributed by atoms with Crippen LogP contribution < -0.4 is 29.6 Å². The third-order valence-corrected chi connectivity index (χ3v) is 13.6. The molecule has 314 valence electrons. The van der Waals surface area contributed by atoms with Crippen LogP contribution in [0.4, 0.5) is 4.79 Å². The fourth-order valence-corrected chi connectivity index (χ4v) is 9.78. The Hall–Kier alpha value is -4.86. The first-order valence-corrected chi connectivity index (χ1v) is 22.0. The van der Waals surface area contributed by atoms with Crippen molar-refractivity contribution in [1.82, 2.24) is 30.1 Å². The van der Waals surface area contributed by atoms with Crippen molar-refractivity contribution in [3.05, 3.63) is 42.0 Å². The molecule has 7 rings (SSSR count). The number of allylic oxidation sites excluding steroid dienone is 2. The van der Waals surface area contributed by atoms with Crippen LogP contribution in [0, 0.1) is 11.3 Å². The highest BCUT2D eigenvalue weighted by Gasteiger charge is 2.62. The molecular formula is C42H56N6O9S. The van der Waals surface area contributed by atoms with Crippen molar-refractivity contribution < 1.29 is 41.8 Å². The Balaban J connectivity index is 1.29. The van der Waals surface area contributed by atoms with Gasteiger partial charge in [0.1, 0.15) is 35.2 Å². The Morgan fingerprint density at radius 3 is 2.62 bits per heavy atom. The topological polar surface area (TPSA) is 186 Å². The summed E-state index contributed by atoms with van der Waals surface area (Å²) in [7, 11) is -0.606. The summed E-state index contributed by atoms with van der Waals surface area (Å²) in [5.74, 6) is -0.892. The van der Waals surface area contributed by atoms with Crippen LogP contribution in [-0.4, -0.2) is 110 Å². The number of methoxy groups -OCH3 is 1. The third-order valence-electron chi connectivity index (χ3n) is 11.8. The van der Waals surface area contributed by atoms with E-state index in [-0.39, 0.29) is 24.8 Å². The zero-order valence-corrected chi connectivity index (χ0v) is 34.9. The standard InChI is InChI=1S/C42H56N6O9S/c1-6-56-36-22-35-30-19-26(34(55-5)21-32(30)43-36)13-12-18-41(2,3)25-47(4)40(52)44-31-15-11-9-7-8-10-14-27-23-42(27,39(51)46-58(53,54)29-16-17-29)45-37(49)33-20-28(57-35)24-48(33)38(31)50/h10,12-14,19,21-22,27-29,31,33H,6-9,11,15-18,20,23-25H2,1-5H3,(H,44,52)(H,45,49)(H,46,51)/b13-12?,14-10-/t27-,28-,31+,33+,42-/m1/s1. The molecular weight excluding hydrogens is 765 g/mol. The number of benzene rings is 1. The summed E-state index contributed by atoms with van der Waals surface area (Å²) in [5.41, 5.74) is -0.496. The number of ether oxygens (including phenoxy) is 3. The number of amides is 5. The average molecular weight is 821 g/mol. The lowest BCUT2D eigenvalue weighted by molar-refractivity contribution is -0.141. The second-order valence-corrected chi connectivity index (χ2v) is 19.1. The normalized spacial score (nSPS) is 28.5. The van der Waals surface area contributed by atoms with Crippen LogP contribution in [0.2, 0.25) is 0 Å². The molecule has 0 radical (unpaired) electrons. The van der Waals surface area contributed by atoms with Crippen LogP contribution in [-0.2, 0) is 24.4 Å². The minimum Gasteiger partial charge on any atom is -0.496 e. The Morgan fingerprint density at radius 2 is 1.88 bits per heavy atom. The van der Waals surface area contributed by atoms with E-state index in [0.29, 0.717) is 80.0 Å². The molecule has 1 aromatic heterocycles. The van der Waals surface area contributed by atoms with Crippen molar-refractivity contribution in [1.29, 1.82) is 0 Å². The summed E-state index contributed by atoms with van der Waals surface area (Å²) in [6.45, 7) is 6.74. The zero-order chi connectivity index (χ0) is 41.4. The average Bonchev–Trinajstić information content (AvgIpc) is 4.09. The Morgan fingerprint density at radius 1 is 1.09 bits per heavy atom. The minimum absolute atomic E-state index is 0.00144. The summed E-state index contributed by atoms with van der Waals surface area (Å²) in [4.78, 5) is 64.8. The van der Waals surface area contributed by atoms with E-state index < -0.39 is 68.7 Å². The zero-order valence-electron chi connectivity index (χ0n) is 34.0. The number of nitrogens with one attached hydrogen (secondary N) is 3. The van der Waals surface area contributed by atoms with Crippen molar-refractivity contribution >= 4 is 50.8 Å². The van der Waals surface area contributed by atoms with E-state index in [1.54, 1.807) is 25.1 Å². The lowest BCUT2D eigenvalue weighted by atomic mass is 9.88. The smallest absolute Gasteiger partial charge is 0.317 e. The Labute approximate surface area is 340 Å². The molecule has 2 aromatic rings. The molecule has 2 aliphatic carbocycles. The molecule has 0 spiro atoms. The molecule has 3 N–H and O–H groups in total. The number of carbonyl (C=O) groups excluding carboxylic acids is 4. The number of rotatable bonds is 6. The molecule has 16 heteroatoms. The summed E-state index contributed by atoms with van der Waals surface area (Å²) in [5, 5.41) is 5.97. The molecule has 5 amide bonds. The number of urea groups is 1. The first-order valence-electron chi connectivity index (χ1n) is 20.5. The van der Waals surface area contributed by atoms with E-state index in [1.807, 2.05) is 43.4 Å². The molecule has 3 fully saturated rings. The number of hydrogen-bond donors (Lipinski definition) is 3. The maximum Gasteiger partial charge on any atom is 0.317 e. The van der Waals surface area contributed by atoms with Gasteiger partial charge in [0.25, 0.3) is 5.91 Å². The lowest BCUT2D eigenvalue weighted by Crippen LogP contribution is -2.59. The van der Waals surface area contributed by atoms with Crippen molar-refractivity contribution in [3.8, 4) is 17.4 Å². The van der Waals surface area contributed by atoms with Gasteiger partial charge in [-0.05, 0) is 63.4 Å². The van der Waals surface area contributed by atoms with Crippen molar-refractivity contribution in [2.45, 2.75) is 114 Å². The van der Waals surface area contributed by atoms with Crippen LogP contribution in [0.25, 0.3) is 17.0 Å². The van der Waals surface area contributed by atoms with Crippen LogP contribution in [0.15, 0.2) is 36.4 Å². The van der Waals surface area contributed by atoms with Gasteiger partial charge in [-0.3, -0.25) is 19.1 Å². The fraction of sp³-hybridized carbons (Fsp3) is 0.595. The number of sulfonamides is 1. The second-order valence-electron chi connectivity index (χ2n) is 17.1. The number of hydrogen-bond acceptors (Lipinski definition) is 10. The molecule has 1 saturated heterocycles. The van der Waals surface area contributed by atoms with Gasteiger partial charge in [-0.1, -0.05) is 51.0 Å². The van der Waals surface area contributed by atoms with Crippen LogP contribution in [0.5, 0.6) is 17.4 Å². The van der Waals surface area contributed by atoms with Gasteiger partial charge in [-0.25, -0.2) is 18.2 Å². The first kappa shape index (κ1) is 41.3. The number of nitrogens with zero attached hydrogens (tertiary/aromatic N) is 3. The second kappa shape index (κ2) is 16.4. The Kier molecular flexibility index (Phi) is 11.7. The van der Waals surface area contributed by atoms with Crippen molar-refractivity contribution in [2.75, 3.05) is 33.9 Å². The van der Waals surface area contributed by atoms with Crippen LogP contribution >= 0.6 is 0 Å². The maximum absolute atomic E-state index is 14.8. The van der Waals surface area contributed by atoms with E-state index in [1.165, 1.54) is 4.90 Å². The van der Waals surface area contributed by atoms with Gasteiger partial charge >= 0.3 is 6.03 Å². The van der Waals surface area contributed by atoms with Gasteiger partial charge in [0, 0.05) is 49.0 Å². The highest BCUT2D eigenvalue weighted by atomic mass is 32.2. The van der Waals surface area contributed by atoms with Crippen molar-refractivity contribution in [2.24, 2.45) is 11.3 Å². The van der Waals surface area contributed by atoms with Gasteiger partial charge in [0.05, 0.1) is 31.0 Å². The highest BCUT2D eigenvalue weighted by molar-refractivity contribution is 7.91. The summed E-state index contributed by atoms with van der Waals surface area (Å²) in [6.07, 6.45) is 12.3. The Bertz CT molecular complexity index is 2120. The van der Waals surface area contributed by atoms with Crippen LogP contribution in [0.1, 0.15) is 90.5 Å². The van der Waals surface area contributed by atoms with Crippen molar-refractivity contribution in [3.63, 3.8) is 0 Å². The molecule has 5 aliphatic rings. The third kappa shape index (κ3) is 8.91. The number of pyridine rings is 1. The van der Waals surface area contributed by atoms with Gasteiger partial charge in [0.2, 0.25) is 27.7 Å². The van der Waals surface area contributed by atoms with Gasteiger partial charge in [-0.15, -0.1) is 0 Å². The molecule has 15 nitrogen and oxygen atoms in total. The lowest BCUT2D eigenvalue weighted by Gasteiger charge is -2.33. The summed E-state index contributed by atoms with van der Waals surface area (Å²) < 4.78 is 46.4. The molecule has 5 atom stereocenters. The number of fused-ring (bicyclic) bond motifs is 4. The predicted octanol–water partition coefficient (Wildman–Crippen LogP) is 4.45. The molecule has 1 aromatic carbocycles. The number of aromatic nitrogens is 1. The largest absolute Gasteiger partial charge is 0.496 e. The molecule has 2 saturated carbocycles.